The number of nitrogens with two attached hydrogens (primary N) is 1. The van der Waals surface area contributed by atoms with E-state index in [9.17, 15) is 0 Å². The Morgan fingerprint density at radius 2 is 1.85 bits per heavy atom. The highest BCUT2D eigenvalue weighted by Crippen LogP contribution is 2.34. The van der Waals surface area contributed by atoms with E-state index in [4.69, 9.17) is 20.0 Å². The molecule has 3 N–H and O–H groups in total. The van der Waals surface area contributed by atoms with Crippen molar-refractivity contribution in [1.29, 1.82) is 0 Å². The second-order valence-corrected chi connectivity index (χ2v) is 5.34. The van der Waals surface area contributed by atoms with Gasteiger partial charge in [-0.15, -0.1) is 0 Å². The Morgan fingerprint density at radius 3 is 2.59 bits per heavy atom. The fourth-order valence-electron chi connectivity index (χ4n) is 2.32. The maximum Gasteiger partial charge on any atom is 0.169 e. The lowest BCUT2D eigenvalue weighted by Gasteiger charge is -2.14. The first-order valence-corrected chi connectivity index (χ1v) is 8.06. The molecular weight excluding hydrogens is 346 g/mol. The van der Waals surface area contributed by atoms with E-state index < -0.39 is 0 Å². The summed E-state index contributed by atoms with van der Waals surface area (Å²) in [6.45, 7) is 0. The average molecular weight is 365 g/mol. The number of benzene rings is 2. The third kappa shape index (κ3) is 4.43. The Kier molecular flexibility index (Phi) is 5.68. The number of hydrogen-bond donors (Lipinski definition) is 2. The van der Waals surface area contributed by atoms with Crippen LogP contribution in [0.25, 0.3) is 0 Å². The van der Waals surface area contributed by atoms with Crippen LogP contribution in [0.4, 0.5) is 17.3 Å². The second-order valence-electron chi connectivity index (χ2n) is 5.34. The fraction of sp³-hybridized carbons (Fsp3) is 0.105. The van der Waals surface area contributed by atoms with Crippen LogP contribution in [0, 0.1) is 0 Å². The Balaban J connectivity index is 1.87. The van der Waals surface area contributed by atoms with Crippen LogP contribution < -0.4 is 20.5 Å². The molecule has 0 bridgehead atoms. The van der Waals surface area contributed by atoms with E-state index in [1.165, 1.54) is 19.7 Å². The van der Waals surface area contributed by atoms with Crippen LogP contribution in [-0.2, 0) is 4.84 Å². The van der Waals surface area contributed by atoms with Gasteiger partial charge in [-0.25, -0.2) is 9.97 Å². The minimum Gasteiger partial charge on any atom is -0.493 e. The van der Waals surface area contributed by atoms with E-state index in [1.807, 2.05) is 42.5 Å². The van der Waals surface area contributed by atoms with Crippen molar-refractivity contribution < 1.29 is 14.3 Å². The third-order valence-electron chi connectivity index (χ3n) is 3.60. The van der Waals surface area contributed by atoms with Crippen LogP contribution in [0.1, 0.15) is 5.56 Å². The van der Waals surface area contributed by atoms with Crippen molar-refractivity contribution in [3.63, 3.8) is 0 Å². The lowest BCUT2D eigenvalue weighted by Crippen LogP contribution is -2.05. The quantitative estimate of drug-likeness (QED) is 0.487. The number of methoxy groups -OCH3 is 1. The molecule has 1 aromatic heterocycles. The molecule has 0 saturated carbocycles. The fourth-order valence-corrected chi connectivity index (χ4v) is 2.32. The normalized spacial score (nSPS) is 10.6. The van der Waals surface area contributed by atoms with E-state index in [0.29, 0.717) is 22.9 Å². The van der Waals surface area contributed by atoms with E-state index >= 15 is 0 Å². The molecule has 0 fully saturated rings. The highest BCUT2D eigenvalue weighted by atomic mass is 16.6. The molecule has 0 radical (unpaired) electrons. The highest BCUT2D eigenvalue weighted by molar-refractivity contribution is 5.92. The van der Waals surface area contributed by atoms with Gasteiger partial charge in [0.05, 0.1) is 18.9 Å². The number of aromatic nitrogens is 2. The molecular formula is C19H19N5O3. The zero-order chi connectivity index (χ0) is 19.1. The smallest absolute Gasteiger partial charge is 0.169 e. The molecule has 0 amide bonds. The number of nitrogen functional groups attached to an aromatic ring is 1. The van der Waals surface area contributed by atoms with Gasteiger partial charge in [0.15, 0.2) is 11.5 Å². The minimum atomic E-state index is 0.282. The van der Waals surface area contributed by atoms with Gasteiger partial charge in [-0.2, -0.15) is 0 Å². The molecule has 8 heteroatoms. The number of para-hydroxylation sites is 1. The Hall–Kier alpha value is -3.81. The van der Waals surface area contributed by atoms with E-state index in [1.54, 1.807) is 13.2 Å². The van der Waals surface area contributed by atoms with Gasteiger partial charge in [-0.3, -0.25) is 0 Å². The van der Waals surface area contributed by atoms with E-state index in [-0.39, 0.29) is 5.82 Å². The predicted octanol–water partition coefficient (Wildman–Crippen LogP) is 3.58. The number of anilines is 3. The lowest BCUT2D eigenvalue weighted by atomic mass is 10.2. The lowest BCUT2D eigenvalue weighted by molar-refractivity contribution is 0.215. The zero-order valence-electron chi connectivity index (χ0n) is 14.9. The van der Waals surface area contributed by atoms with Crippen LogP contribution in [-0.4, -0.2) is 30.4 Å². The number of ether oxygens (including phenoxy) is 2. The van der Waals surface area contributed by atoms with E-state index in [2.05, 4.69) is 20.4 Å². The maximum atomic E-state index is 5.90. The number of oxime groups is 1. The standard InChI is InChI=1S/C19H19N5O3/c1-25-17-10-13(8-9-16(17)27-14-6-4-3-5-7-14)24-19-15(11-23-26-2)18(20)21-12-22-19/h3-12H,1-2H3,(H3,20,21,22,24). The summed E-state index contributed by atoms with van der Waals surface area (Å²) in [7, 11) is 3.02. The number of nitrogens with zero attached hydrogens (tertiary/aromatic N) is 3. The molecule has 0 atom stereocenters. The van der Waals surface area contributed by atoms with Gasteiger partial charge in [0.2, 0.25) is 0 Å². The summed E-state index contributed by atoms with van der Waals surface area (Å²) >= 11 is 0. The molecule has 0 aliphatic rings. The van der Waals surface area contributed by atoms with Crippen molar-refractivity contribution >= 4 is 23.5 Å². The van der Waals surface area contributed by atoms with Gasteiger partial charge >= 0.3 is 0 Å². The monoisotopic (exact) mass is 365 g/mol. The van der Waals surface area contributed by atoms with Gasteiger partial charge in [0, 0.05) is 11.8 Å². The molecule has 0 aliphatic heterocycles. The molecule has 8 nitrogen and oxygen atoms in total. The number of hydrogen-bond acceptors (Lipinski definition) is 8. The molecule has 2 aromatic carbocycles. The summed E-state index contributed by atoms with van der Waals surface area (Å²) in [6.07, 6.45) is 2.81. The van der Waals surface area contributed by atoms with Crippen LogP contribution in [0.2, 0.25) is 0 Å². The Labute approximate surface area is 156 Å². The third-order valence-corrected chi connectivity index (χ3v) is 3.60. The van der Waals surface area contributed by atoms with Crippen LogP contribution in [0.5, 0.6) is 17.2 Å². The SMILES string of the molecule is CON=Cc1c(N)ncnc1Nc1ccc(Oc2ccccc2)c(OC)c1. The molecule has 0 aliphatic carbocycles. The van der Waals surface area contributed by atoms with Gasteiger partial charge in [-0.1, -0.05) is 23.4 Å². The second kappa shape index (κ2) is 8.52. The first kappa shape index (κ1) is 18.0. The first-order valence-electron chi connectivity index (χ1n) is 8.06. The van der Waals surface area contributed by atoms with Gasteiger partial charge < -0.3 is 25.4 Å². The summed E-state index contributed by atoms with van der Waals surface area (Å²) < 4.78 is 11.3. The molecule has 0 unspecified atom stereocenters. The van der Waals surface area contributed by atoms with Crippen molar-refractivity contribution in [2.75, 3.05) is 25.3 Å². The summed E-state index contributed by atoms with van der Waals surface area (Å²) in [5.74, 6) is 2.65. The van der Waals surface area contributed by atoms with Crippen LogP contribution in [0.3, 0.4) is 0 Å². The van der Waals surface area contributed by atoms with Crippen LogP contribution in [0.15, 0.2) is 60.0 Å². The molecule has 0 spiro atoms. The minimum absolute atomic E-state index is 0.282. The highest BCUT2D eigenvalue weighted by Gasteiger charge is 2.11. The zero-order valence-corrected chi connectivity index (χ0v) is 14.9. The topological polar surface area (TPSA) is 104 Å². The van der Waals surface area contributed by atoms with Crippen molar-refractivity contribution in [3.05, 3.63) is 60.4 Å². The first-order chi connectivity index (χ1) is 13.2. The molecule has 1 heterocycles. The summed E-state index contributed by atoms with van der Waals surface area (Å²) in [5, 5.41) is 6.90. The largest absolute Gasteiger partial charge is 0.493 e. The summed E-state index contributed by atoms with van der Waals surface area (Å²) in [5.41, 5.74) is 7.15. The molecule has 0 saturated heterocycles. The molecule has 3 aromatic rings. The van der Waals surface area contributed by atoms with Crippen molar-refractivity contribution in [1.82, 2.24) is 9.97 Å². The van der Waals surface area contributed by atoms with Gasteiger partial charge in [0.1, 0.15) is 30.8 Å². The molecule has 138 valence electrons. The van der Waals surface area contributed by atoms with Gasteiger partial charge in [0.25, 0.3) is 0 Å². The number of nitrogens with one attached hydrogen (secondary N) is 1. The Bertz CT molecular complexity index is 932. The summed E-state index contributed by atoms with van der Waals surface area (Å²) in [6, 6.07) is 14.9. The van der Waals surface area contributed by atoms with Crippen LogP contribution >= 0.6 is 0 Å². The summed E-state index contributed by atoms with van der Waals surface area (Å²) in [4.78, 5) is 12.9. The number of rotatable bonds is 7. The van der Waals surface area contributed by atoms with Gasteiger partial charge in [-0.05, 0) is 24.3 Å². The predicted molar refractivity (Wildman–Crippen MR) is 104 cm³/mol. The van der Waals surface area contributed by atoms with Crippen molar-refractivity contribution in [2.45, 2.75) is 0 Å². The van der Waals surface area contributed by atoms with Crippen molar-refractivity contribution in [2.24, 2.45) is 5.16 Å². The van der Waals surface area contributed by atoms with E-state index in [0.717, 1.165) is 11.4 Å². The Morgan fingerprint density at radius 1 is 1.04 bits per heavy atom. The molecule has 3 rings (SSSR count). The molecule has 27 heavy (non-hydrogen) atoms. The average Bonchev–Trinajstić information content (AvgIpc) is 2.69. The van der Waals surface area contributed by atoms with Crippen molar-refractivity contribution in [3.8, 4) is 17.2 Å². The maximum absolute atomic E-state index is 5.90.